The van der Waals surface area contributed by atoms with E-state index in [1.165, 1.54) is 6.92 Å². The highest BCUT2D eigenvalue weighted by Crippen LogP contribution is 2.84. The number of esters is 3. The number of aliphatic carboxylic acids is 1. The molecule has 4 unspecified atom stereocenters. The lowest BCUT2D eigenvalue weighted by Crippen LogP contribution is -2.67. The molecule has 4 saturated heterocycles. The molecule has 0 amide bonds. The molecular formula is C24H28O12. The Labute approximate surface area is 205 Å². The highest BCUT2D eigenvalue weighted by Gasteiger charge is 3.03. The van der Waals surface area contributed by atoms with Gasteiger partial charge in [0.25, 0.3) is 0 Å². The smallest absolute Gasteiger partial charge is 0.343 e. The number of hydrogen-bond donors (Lipinski definition) is 3. The number of rotatable bonds is 7. The fraction of sp³-hybridized carbons (Fsp3) is 0.750. The van der Waals surface area contributed by atoms with Gasteiger partial charge in [0.1, 0.15) is 18.8 Å². The van der Waals surface area contributed by atoms with Crippen LogP contribution in [0.5, 0.6) is 0 Å². The molecule has 0 aromatic rings. The summed E-state index contributed by atoms with van der Waals surface area (Å²) in [5.74, 6) is -6.21. The van der Waals surface area contributed by atoms with E-state index in [0.29, 0.717) is 6.42 Å². The van der Waals surface area contributed by atoms with E-state index in [9.17, 15) is 34.5 Å². The second-order valence-electron chi connectivity index (χ2n) is 10.7. The fourth-order valence-corrected chi connectivity index (χ4v) is 8.79. The minimum atomic E-state index is -2.33. The van der Waals surface area contributed by atoms with Gasteiger partial charge in [0.15, 0.2) is 17.8 Å². The van der Waals surface area contributed by atoms with E-state index < -0.39 is 95.1 Å². The van der Waals surface area contributed by atoms with Crippen molar-refractivity contribution < 1.29 is 58.2 Å². The Morgan fingerprint density at radius 2 is 1.97 bits per heavy atom. The normalized spacial score (nSPS) is 52.2. The zero-order chi connectivity index (χ0) is 26.0. The van der Waals surface area contributed by atoms with E-state index in [2.05, 4.69) is 6.58 Å². The molecule has 0 radical (unpaired) electrons. The molecule has 6 aliphatic rings. The minimum Gasteiger partial charge on any atom is -0.480 e. The maximum atomic E-state index is 13.7. The van der Waals surface area contributed by atoms with Crippen molar-refractivity contribution in [3.8, 4) is 0 Å². The Kier molecular flexibility index (Phi) is 4.67. The van der Waals surface area contributed by atoms with Crippen molar-refractivity contribution in [1.82, 2.24) is 0 Å². The molecule has 2 saturated carbocycles. The van der Waals surface area contributed by atoms with Crippen molar-refractivity contribution in [1.29, 1.82) is 0 Å². The summed E-state index contributed by atoms with van der Waals surface area (Å²) in [6.07, 6.45) is -4.15. The van der Waals surface area contributed by atoms with E-state index in [1.54, 1.807) is 6.08 Å². The van der Waals surface area contributed by atoms with Gasteiger partial charge in [-0.15, -0.1) is 6.58 Å². The van der Waals surface area contributed by atoms with Crippen molar-refractivity contribution in [3.05, 3.63) is 12.7 Å². The highest BCUT2D eigenvalue weighted by molar-refractivity contribution is 5.94. The highest BCUT2D eigenvalue weighted by atomic mass is 16.8. The van der Waals surface area contributed by atoms with Gasteiger partial charge in [0, 0.05) is 0 Å². The van der Waals surface area contributed by atoms with Gasteiger partial charge in [-0.05, 0) is 31.6 Å². The summed E-state index contributed by atoms with van der Waals surface area (Å²) in [4.78, 5) is 50.9. The van der Waals surface area contributed by atoms with Crippen LogP contribution in [0.15, 0.2) is 12.7 Å². The molecule has 0 bridgehead atoms. The monoisotopic (exact) mass is 508 g/mol. The van der Waals surface area contributed by atoms with Gasteiger partial charge in [-0.1, -0.05) is 19.4 Å². The fourth-order valence-electron chi connectivity index (χ4n) is 8.79. The molecule has 6 rings (SSSR count). The predicted octanol–water partition coefficient (Wildman–Crippen LogP) is -0.704. The number of carbonyl (C=O) groups excluding carboxylic acids is 3. The zero-order valence-electron chi connectivity index (χ0n) is 19.7. The number of aliphatic hydroxyl groups is 2. The molecule has 2 aliphatic carbocycles. The average molecular weight is 508 g/mol. The molecule has 12 atom stereocenters. The largest absolute Gasteiger partial charge is 0.480 e. The quantitative estimate of drug-likeness (QED) is 0.224. The maximum absolute atomic E-state index is 13.7. The van der Waals surface area contributed by atoms with Crippen molar-refractivity contribution in [2.24, 2.45) is 28.6 Å². The lowest BCUT2D eigenvalue weighted by Gasteiger charge is -2.46. The standard InChI is InChI=1S/C24H28O12/c1-4-6-10(5-2)11-7-12-22-14(27)15-23(31,9(3)17(28)34-15)24(22,19(30)33-12)36-20-21(11,22)16(18(29)35-20)32-8-13(25)26/h5,9-12,14-16,20,27,31H,2,4,6-8H2,1,3H3,(H,25,26)/t9?,10?,11-,12?,14+,15+,16+,20+,21?,22-,23-,24-/m0/s1. The number of ether oxygens (including phenoxy) is 5. The first-order valence-corrected chi connectivity index (χ1v) is 12.2. The van der Waals surface area contributed by atoms with Crippen LogP contribution in [-0.2, 0) is 42.9 Å². The van der Waals surface area contributed by atoms with Crippen LogP contribution in [-0.4, -0.2) is 87.7 Å². The Morgan fingerprint density at radius 3 is 2.61 bits per heavy atom. The summed E-state index contributed by atoms with van der Waals surface area (Å²) in [6, 6.07) is 0. The van der Waals surface area contributed by atoms with Crippen LogP contribution in [0.4, 0.5) is 0 Å². The maximum Gasteiger partial charge on any atom is 0.343 e. The molecule has 12 nitrogen and oxygen atoms in total. The third kappa shape index (κ3) is 2.05. The van der Waals surface area contributed by atoms with Crippen LogP contribution in [0, 0.1) is 28.6 Å². The number of carbonyl (C=O) groups is 4. The Bertz CT molecular complexity index is 1090. The van der Waals surface area contributed by atoms with Crippen LogP contribution >= 0.6 is 0 Å². The molecule has 36 heavy (non-hydrogen) atoms. The lowest BCUT2D eigenvalue weighted by molar-refractivity contribution is -0.239. The SMILES string of the molecule is C=CC(CCC)[C@@H]1CC2OC(=O)[C@]34O[C@H]5OC(=O)[C@@H](OCC(=O)O)C51[C@@]23[C@H](O)[C@H]1OC(=O)C(C)[C@]14O. The number of allylic oxidation sites excluding steroid dienone is 1. The van der Waals surface area contributed by atoms with Crippen molar-refractivity contribution in [3.63, 3.8) is 0 Å². The van der Waals surface area contributed by atoms with Crippen LogP contribution < -0.4 is 0 Å². The van der Waals surface area contributed by atoms with Crippen molar-refractivity contribution in [2.75, 3.05) is 6.61 Å². The first-order chi connectivity index (χ1) is 17.0. The number of hydrogen-bond acceptors (Lipinski definition) is 11. The molecule has 0 aromatic heterocycles. The van der Waals surface area contributed by atoms with Crippen molar-refractivity contribution >= 4 is 23.9 Å². The minimum absolute atomic E-state index is 0.149. The topological polar surface area (TPSA) is 175 Å². The van der Waals surface area contributed by atoms with Crippen molar-refractivity contribution in [2.45, 2.75) is 75.0 Å². The van der Waals surface area contributed by atoms with Gasteiger partial charge in [-0.3, -0.25) is 4.79 Å². The third-order valence-corrected chi connectivity index (χ3v) is 9.79. The van der Waals surface area contributed by atoms with Gasteiger partial charge >= 0.3 is 23.9 Å². The molecule has 12 heteroatoms. The molecule has 6 fully saturated rings. The summed E-state index contributed by atoms with van der Waals surface area (Å²) < 4.78 is 28.7. The Hall–Kier alpha value is -2.54. The van der Waals surface area contributed by atoms with E-state index in [-0.39, 0.29) is 12.3 Å². The lowest BCUT2D eigenvalue weighted by atomic mass is 9.52. The first kappa shape index (κ1) is 23.8. The summed E-state index contributed by atoms with van der Waals surface area (Å²) in [5, 5.41) is 33.3. The number of carboxylic acids is 1. The molecule has 196 valence electrons. The van der Waals surface area contributed by atoms with Crippen LogP contribution in [0.25, 0.3) is 0 Å². The molecule has 4 aliphatic heterocycles. The Morgan fingerprint density at radius 1 is 1.25 bits per heavy atom. The van der Waals surface area contributed by atoms with E-state index in [4.69, 9.17) is 23.7 Å². The Balaban J connectivity index is 1.65. The summed E-state index contributed by atoms with van der Waals surface area (Å²) in [6.45, 7) is 6.42. The number of fused-ring (bicyclic) bond motifs is 1. The van der Waals surface area contributed by atoms with E-state index >= 15 is 0 Å². The van der Waals surface area contributed by atoms with Crippen LogP contribution in [0.3, 0.4) is 0 Å². The molecule has 0 aromatic carbocycles. The summed E-state index contributed by atoms with van der Waals surface area (Å²) in [5.41, 5.74) is -8.12. The first-order valence-electron chi connectivity index (χ1n) is 12.2. The summed E-state index contributed by atoms with van der Waals surface area (Å²) >= 11 is 0. The predicted molar refractivity (Wildman–Crippen MR) is 113 cm³/mol. The zero-order valence-corrected chi connectivity index (χ0v) is 19.7. The van der Waals surface area contributed by atoms with Crippen LogP contribution in [0.1, 0.15) is 33.1 Å². The number of aliphatic hydroxyl groups excluding tert-OH is 1. The molecular weight excluding hydrogens is 480 g/mol. The molecule has 2 spiro atoms. The van der Waals surface area contributed by atoms with Gasteiger partial charge in [-0.25, -0.2) is 14.4 Å². The molecule has 3 N–H and O–H groups in total. The van der Waals surface area contributed by atoms with E-state index in [1.807, 2.05) is 6.92 Å². The van der Waals surface area contributed by atoms with Gasteiger partial charge in [-0.2, -0.15) is 0 Å². The average Bonchev–Trinajstić information content (AvgIpc) is 3.53. The van der Waals surface area contributed by atoms with Gasteiger partial charge < -0.3 is 39.0 Å². The second kappa shape index (κ2) is 7.06. The number of carboxylic acid groups (broad SMARTS) is 1. The van der Waals surface area contributed by atoms with E-state index in [0.717, 1.165) is 6.42 Å². The van der Waals surface area contributed by atoms with Crippen LogP contribution in [0.2, 0.25) is 0 Å². The second-order valence-corrected chi connectivity index (χ2v) is 10.7. The third-order valence-electron chi connectivity index (χ3n) is 9.79. The van der Waals surface area contributed by atoms with Gasteiger partial charge in [0.2, 0.25) is 11.9 Å². The van der Waals surface area contributed by atoms with Gasteiger partial charge in [0.05, 0.1) is 16.7 Å². The summed E-state index contributed by atoms with van der Waals surface area (Å²) in [7, 11) is 0. The molecule has 4 heterocycles.